The van der Waals surface area contributed by atoms with Gasteiger partial charge in [-0.15, -0.1) is 0 Å². The fraction of sp³-hybridized carbons (Fsp3) is 0.385. The number of hydrogen-bond donors (Lipinski definition) is 0. The Kier molecular flexibility index (Phi) is 5.45. The van der Waals surface area contributed by atoms with Crippen LogP contribution in [0.2, 0.25) is 0 Å². The third-order valence-electron chi connectivity index (χ3n) is 6.83. The van der Waals surface area contributed by atoms with Gasteiger partial charge in [-0.25, -0.2) is 9.37 Å². The fourth-order valence-corrected chi connectivity index (χ4v) is 4.83. The maximum atomic E-state index is 13.7. The first-order chi connectivity index (χ1) is 15.5. The zero-order chi connectivity index (χ0) is 22.2. The molecule has 6 heteroatoms. The number of halogens is 1. The topological polar surface area (TPSA) is 41.4 Å². The van der Waals surface area contributed by atoms with Crippen LogP contribution in [0, 0.1) is 19.7 Å². The minimum atomic E-state index is -0.164. The molecule has 2 aliphatic heterocycles. The lowest BCUT2D eigenvalue weighted by molar-refractivity contribution is 0.0741. The summed E-state index contributed by atoms with van der Waals surface area (Å²) in [6, 6.07) is 13.9. The van der Waals surface area contributed by atoms with E-state index in [1.54, 1.807) is 13.0 Å². The van der Waals surface area contributed by atoms with Gasteiger partial charge in [-0.05, 0) is 49.6 Å². The molecule has 166 valence electrons. The lowest BCUT2D eigenvalue weighted by Gasteiger charge is -2.35. The second-order valence-electron chi connectivity index (χ2n) is 9.05. The number of carbonyl (C=O) groups excluding carboxylic acids is 1. The van der Waals surface area contributed by atoms with Gasteiger partial charge in [0.05, 0.1) is 0 Å². The molecule has 1 amide bonds. The van der Waals surface area contributed by atoms with Crippen LogP contribution in [0.1, 0.15) is 45.3 Å². The SMILES string of the molecule is Cc1ccc(N2CCN(C(=O)c3cn4c(n3)CCC(c3ccc(F)c(C)c3)C4)CC2)cc1. The number of carbonyl (C=O) groups is 1. The van der Waals surface area contributed by atoms with Crippen molar-refractivity contribution in [2.24, 2.45) is 0 Å². The summed E-state index contributed by atoms with van der Waals surface area (Å²) in [7, 11) is 0. The number of benzene rings is 2. The molecule has 32 heavy (non-hydrogen) atoms. The van der Waals surface area contributed by atoms with E-state index in [0.717, 1.165) is 43.9 Å². The van der Waals surface area contributed by atoms with Gasteiger partial charge >= 0.3 is 0 Å². The van der Waals surface area contributed by atoms with E-state index in [1.165, 1.54) is 11.3 Å². The lowest BCUT2D eigenvalue weighted by atomic mass is 9.90. The van der Waals surface area contributed by atoms with E-state index in [9.17, 15) is 9.18 Å². The number of hydrogen-bond acceptors (Lipinski definition) is 3. The molecule has 0 radical (unpaired) electrons. The summed E-state index contributed by atoms with van der Waals surface area (Å²) in [6.07, 6.45) is 3.70. The summed E-state index contributed by atoms with van der Waals surface area (Å²) in [5, 5.41) is 0. The number of aryl methyl sites for hydroxylation is 3. The molecule has 5 nitrogen and oxygen atoms in total. The van der Waals surface area contributed by atoms with Crippen LogP contribution in [0.4, 0.5) is 10.1 Å². The summed E-state index contributed by atoms with van der Waals surface area (Å²) >= 11 is 0. The molecule has 5 rings (SSSR count). The number of aromatic nitrogens is 2. The van der Waals surface area contributed by atoms with Gasteiger partial charge in [-0.2, -0.15) is 0 Å². The molecule has 2 aliphatic rings. The smallest absolute Gasteiger partial charge is 0.274 e. The van der Waals surface area contributed by atoms with Crippen LogP contribution in [0.3, 0.4) is 0 Å². The summed E-state index contributed by atoms with van der Waals surface area (Å²) in [5.41, 5.74) is 4.84. The Hall–Kier alpha value is -3.15. The van der Waals surface area contributed by atoms with Crippen molar-refractivity contribution in [2.75, 3.05) is 31.1 Å². The van der Waals surface area contributed by atoms with Crippen molar-refractivity contribution < 1.29 is 9.18 Å². The largest absolute Gasteiger partial charge is 0.368 e. The van der Waals surface area contributed by atoms with Crippen LogP contribution in [0.5, 0.6) is 0 Å². The Labute approximate surface area is 188 Å². The molecule has 3 aromatic rings. The first-order valence-corrected chi connectivity index (χ1v) is 11.4. The van der Waals surface area contributed by atoms with Gasteiger partial charge in [-0.1, -0.05) is 29.8 Å². The zero-order valence-electron chi connectivity index (χ0n) is 18.7. The van der Waals surface area contributed by atoms with Crippen molar-refractivity contribution in [1.82, 2.24) is 14.5 Å². The zero-order valence-corrected chi connectivity index (χ0v) is 18.7. The average Bonchev–Trinajstić information content (AvgIpc) is 3.24. The van der Waals surface area contributed by atoms with E-state index in [4.69, 9.17) is 0 Å². The highest BCUT2D eigenvalue weighted by Gasteiger charge is 2.27. The molecule has 1 unspecified atom stereocenters. The van der Waals surface area contributed by atoms with Crippen LogP contribution < -0.4 is 4.90 Å². The monoisotopic (exact) mass is 432 g/mol. The predicted molar refractivity (Wildman–Crippen MR) is 124 cm³/mol. The first kappa shape index (κ1) is 20.7. The minimum absolute atomic E-state index is 0.0182. The Morgan fingerprint density at radius 3 is 2.50 bits per heavy atom. The van der Waals surface area contributed by atoms with E-state index in [-0.39, 0.29) is 11.7 Å². The van der Waals surface area contributed by atoms with E-state index < -0.39 is 0 Å². The van der Waals surface area contributed by atoms with Gasteiger partial charge < -0.3 is 14.4 Å². The molecular formula is C26H29FN4O. The number of imidazole rings is 1. The molecule has 0 saturated carbocycles. The molecule has 0 spiro atoms. The van der Waals surface area contributed by atoms with Gasteiger partial charge in [0.15, 0.2) is 0 Å². The number of amides is 1. The highest BCUT2D eigenvalue weighted by Crippen LogP contribution is 2.30. The molecule has 0 aliphatic carbocycles. The molecule has 1 aromatic heterocycles. The maximum Gasteiger partial charge on any atom is 0.274 e. The number of fused-ring (bicyclic) bond motifs is 1. The lowest BCUT2D eigenvalue weighted by Crippen LogP contribution is -2.48. The van der Waals surface area contributed by atoms with Gasteiger partial charge in [0.1, 0.15) is 17.3 Å². The summed E-state index contributed by atoms with van der Waals surface area (Å²) in [6.45, 7) is 7.73. The molecular weight excluding hydrogens is 403 g/mol. The third-order valence-corrected chi connectivity index (χ3v) is 6.83. The van der Waals surface area contributed by atoms with Crippen molar-refractivity contribution in [3.8, 4) is 0 Å². The third kappa shape index (κ3) is 4.01. The first-order valence-electron chi connectivity index (χ1n) is 11.4. The van der Waals surface area contributed by atoms with Crippen molar-refractivity contribution in [2.45, 2.75) is 39.2 Å². The van der Waals surface area contributed by atoms with Gasteiger partial charge in [0, 0.05) is 56.9 Å². The maximum absolute atomic E-state index is 13.7. The van der Waals surface area contributed by atoms with Gasteiger partial charge in [0.2, 0.25) is 0 Å². The number of anilines is 1. The molecule has 1 fully saturated rings. The van der Waals surface area contributed by atoms with Crippen LogP contribution >= 0.6 is 0 Å². The Morgan fingerprint density at radius 2 is 1.78 bits per heavy atom. The second-order valence-corrected chi connectivity index (χ2v) is 9.05. The van der Waals surface area contributed by atoms with E-state index in [0.29, 0.717) is 30.3 Å². The van der Waals surface area contributed by atoms with Crippen molar-refractivity contribution >= 4 is 11.6 Å². The summed E-state index contributed by atoms with van der Waals surface area (Å²) < 4.78 is 15.8. The van der Waals surface area contributed by atoms with Gasteiger partial charge in [-0.3, -0.25) is 4.79 Å². The Morgan fingerprint density at radius 1 is 1.03 bits per heavy atom. The van der Waals surface area contributed by atoms with E-state index in [2.05, 4.69) is 45.6 Å². The average molecular weight is 433 g/mol. The summed E-state index contributed by atoms with van der Waals surface area (Å²) in [4.78, 5) is 22.0. The Bertz CT molecular complexity index is 1130. The van der Waals surface area contributed by atoms with Crippen LogP contribution in [-0.2, 0) is 13.0 Å². The fourth-order valence-electron chi connectivity index (χ4n) is 4.83. The normalized spacial score (nSPS) is 18.5. The molecule has 1 atom stereocenters. The molecule has 2 aromatic carbocycles. The van der Waals surface area contributed by atoms with Crippen LogP contribution in [0.25, 0.3) is 0 Å². The van der Waals surface area contributed by atoms with Crippen LogP contribution in [-0.4, -0.2) is 46.5 Å². The number of rotatable bonds is 3. The quantitative estimate of drug-likeness (QED) is 0.619. The van der Waals surface area contributed by atoms with Crippen molar-refractivity contribution in [3.05, 3.63) is 82.7 Å². The van der Waals surface area contributed by atoms with Crippen molar-refractivity contribution in [3.63, 3.8) is 0 Å². The molecule has 0 bridgehead atoms. The van der Waals surface area contributed by atoms with Crippen molar-refractivity contribution in [1.29, 1.82) is 0 Å². The second kappa shape index (κ2) is 8.41. The van der Waals surface area contributed by atoms with E-state index >= 15 is 0 Å². The molecule has 0 N–H and O–H groups in total. The highest BCUT2D eigenvalue weighted by molar-refractivity contribution is 5.92. The van der Waals surface area contributed by atoms with Gasteiger partial charge in [0.25, 0.3) is 5.91 Å². The molecule has 3 heterocycles. The molecule has 1 saturated heterocycles. The highest BCUT2D eigenvalue weighted by atomic mass is 19.1. The van der Waals surface area contributed by atoms with Crippen LogP contribution in [0.15, 0.2) is 48.7 Å². The van der Waals surface area contributed by atoms with E-state index in [1.807, 2.05) is 23.2 Å². The predicted octanol–water partition coefficient (Wildman–Crippen LogP) is 4.33. The number of nitrogens with zero attached hydrogens (tertiary/aromatic N) is 4. The Balaban J connectivity index is 1.24. The summed E-state index contributed by atoms with van der Waals surface area (Å²) in [5.74, 6) is 1.15. The standard InChI is InChI=1S/C26H29FN4O/c1-18-3-7-22(8-4-18)29-11-13-30(14-12-29)26(32)24-17-31-16-21(6-10-25(31)28-24)20-5-9-23(27)19(2)15-20/h3-5,7-9,15,17,21H,6,10-14,16H2,1-2H3. The minimum Gasteiger partial charge on any atom is -0.368 e. The number of piperazine rings is 1.